The monoisotopic (exact) mass is 255 g/mol. The number of hydrogen-bond acceptors (Lipinski definition) is 6. The zero-order valence-corrected chi connectivity index (χ0v) is 10.6. The average molecular weight is 255 g/mol. The Morgan fingerprint density at radius 1 is 1.39 bits per heavy atom. The van der Waals surface area contributed by atoms with Gasteiger partial charge in [0.15, 0.2) is 0 Å². The third-order valence-electron chi connectivity index (χ3n) is 2.31. The number of aromatic nitrogens is 2. The fourth-order valence-electron chi connectivity index (χ4n) is 1.09. The van der Waals surface area contributed by atoms with Crippen LogP contribution in [0.4, 0.5) is 0 Å². The molecule has 1 heterocycles. The molecule has 1 rings (SSSR count). The fraction of sp³-hybridized carbons (Fsp3) is 0.600. The van der Waals surface area contributed by atoms with E-state index in [0.29, 0.717) is 0 Å². The summed E-state index contributed by atoms with van der Waals surface area (Å²) in [7, 11) is 0. The zero-order valence-electron chi connectivity index (χ0n) is 10.6. The Labute approximate surface area is 104 Å². The number of hydrogen-bond donors (Lipinski definition) is 3. The van der Waals surface area contributed by atoms with E-state index in [-0.39, 0.29) is 29.6 Å². The highest BCUT2D eigenvalue weighted by molar-refractivity contribution is 5.87. The molecule has 0 bridgehead atoms. The Hall–Kier alpha value is -1.96. The second-order valence-electron chi connectivity index (χ2n) is 4.93. The molecule has 1 aromatic heterocycles. The van der Waals surface area contributed by atoms with Crippen molar-refractivity contribution >= 4 is 11.8 Å². The number of nitrogens with two attached hydrogens (primary N) is 2. The Balaban J connectivity index is 2.55. The average Bonchev–Trinajstić information content (AvgIpc) is 2.72. The molecule has 2 amide bonds. The quantitative estimate of drug-likeness (QED) is 0.641. The molecule has 0 saturated heterocycles. The van der Waals surface area contributed by atoms with E-state index in [1.807, 2.05) is 20.8 Å². The molecule has 0 spiro atoms. The molecule has 0 fully saturated rings. The Morgan fingerprint density at radius 3 is 2.44 bits per heavy atom. The number of primary amides is 1. The predicted octanol–water partition coefficient (Wildman–Crippen LogP) is -0.842. The third kappa shape index (κ3) is 3.52. The molecule has 0 aromatic carbocycles. The van der Waals surface area contributed by atoms with Crippen LogP contribution in [0.25, 0.3) is 0 Å². The van der Waals surface area contributed by atoms with E-state index >= 15 is 0 Å². The summed E-state index contributed by atoms with van der Waals surface area (Å²) >= 11 is 0. The maximum atomic E-state index is 11.7. The summed E-state index contributed by atoms with van der Waals surface area (Å²) in [5, 5.41) is 9.52. The van der Waals surface area contributed by atoms with Gasteiger partial charge < -0.3 is 21.2 Å². The molecular formula is C10H17N5O3. The number of nitrogens with one attached hydrogen (secondary N) is 1. The minimum absolute atomic E-state index is 0.00287. The molecule has 0 radical (unpaired) electrons. The Kier molecular flexibility index (Phi) is 4.02. The molecule has 1 atom stereocenters. The first-order valence-corrected chi connectivity index (χ1v) is 5.37. The molecule has 0 aliphatic heterocycles. The first kappa shape index (κ1) is 14.1. The van der Waals surface area contributed by atoms with Crippen LogP contribution >= 0.6 is 0 Å². The highest BCUT2D eigenvalue weighted by atomic mass is 16.4. The molecule has 0 aliphatic carbocycles. The van der Waals surface area contributed by atoms with Crippen LogP contribution in [0.15, 0.2) is 4.42 Å². The van der Waals surface area contributed by atoms with Gasteiger partial charge in [-0.15, -0.1) is 10.2 Å². The molecule has 0 aliphatic rings. The molecule has 5 N–H and O–H groups in total. The van der Waals surface area contributed by atoms with Crippen LogP contribution in [0.2, 0.25) is 0 Å². The van der Waals surface area contributed by atoms with Crippen LogP contribution in [0, 0.1) is 5.41 Å². The lowest BCUT2D eigenvalue weighted by Crippen LogP contribution is -2.48. The van der Waals surface area contributed by atoms with Crippen molar-refractivity contribution < 1.29 is 14.0 Å². The van der Waals surface area contributed by atoms with Gasteiger partial charge in [-0.3, -0.25) is 9.59 Å². The zero-order chi connectivity index (χ0) is 13.9. The molecule has 1 aromatic rings. The van der Waals surface area contributed by atoms with E-state index in [4.69, 9.17) is 15.9 Å². The van der Waals surface area contributed by atoms with Crippen molar-refractivity contribution in [1.29, 1.82) is 0 Å². The third-order valence-corrected chi connectivity index (χ3v) is 2.31. The molecular weight excluding hydrogens is 238 g/mol. The van der Waals surface area contributed by atoms with Gasteiger partial charge >= 0.3 is 11.8 Å². The van der Waals surface area contributed by atoms with Crippen molar-refractivity contribution in [3.05, 3.63) is 11.8 Å². The summed E-state index contributed by atoms with van der Waals surface area (Å²) in [6.45, 7) is 5.57. The van der Waals surface area contributed by atoms with Crippen molar-refractivity contribution in [2.75, 3.05) is 0 Å². The lowest BCUT2D eigenvalue weighted by Gasteiger charge is -2.25. The van der Waals surface area contributed by atoms with E-state index in [2.05, 4.69) is 15.5 Å². The van der Waals surface area contributed by atoms with Crippen LogP contribution in [0.3, 0.4) is 0 Å². The summed E-state index contributed by atoms with van der Waals surface area (Å²) in [5.41, 5.74) is 10.4. The maximum absolute atomic E-state index is 11.7. The number of amides is 2. The summed E-state index contributed by atoms with van der Waals surface area (Å²) in [5.74, 6) is -1.34. The summed E-state index contributed by atoms with van der Waals surface area (Å²) < 4.78 is 4.91. The highest BCUT2D eigenvalue weighted by Gasteiger charge is 2.27. The predicted molar refractivity (Wildman–Crippen MR) is 62.1 cm³/mol. The van der Waals surface area contributed by atoms with Crippen LogP contribution < -0.4 is 16.8 Å². The number of rotatable bonds is 4. The molecule has 1 unspecified atom stereocenters. The highest BCUT2D eigenvalue weighted by Crippen LogP contribution is 2.17. The molecule has 0 saturated carbocycles. The van der Waals surface area contributed by atoms with E-state index in [1.165, 1.54) is 0 Å². The van der Waals surface area contributed by atoms with Gasteiger partial charge in [0.1, 0.15) is 0 Å². The van der Waals surface area contributed by atoms with Gasteiger partial charge in [-0.05, 0) is 5.41 Å². The van der Waals surface area contributed by atoms with E-state index in [9.17, 15) is 9.59 Å². The first-order valence-electron chi connectivity index (χ1n) is 5.37. The van der Waals surface area contributed by atoms with E-state index < -0.39 is 11.9 Å². The maximum Gasteiger partial charge on any atom is 0.306 e. The minimum atomic E-state index is -0.813. The van der Waals surface area contributed by atoms with Crippen LogP contribution in [0.5, 0.6) is 0 Å². The molecule has 8 nitrogen and oxygen atoms in total. The van der Waals surface area contributed by atoms with Crippen molar-refractivity contribution in [2.45, 2.75) is 33.4 Å². The largest absolute Gasteiger partial charge is 0.415 e. The molecule has 18 heavy (non-hydrogen) atoms. The summed E-state index contributed by atoms with van der Waals surface area (Å²) in [4.78, 5) is 22.4. The van der Waals surface area contributed by atoms with Gasteiger partial charge in [0.25, 0.3) is 0 Å². The van der Waals surface area contributed by atoms with Gasteiger partial charge in [0, 0.05) is 0 Å². The normalized spacial score (nSPS) is 13.1. The standard InChI is InChI=1S/C10H17N5O3/c1-10(2,3)6(11)8(17)13-4-5-14-15-9(18-5)7(12)16/h6H,4,11H2,1-3H3,(H2,12,16)(H,13,17). The number of carbonyl (C=O) groups is 2. The van der Waals surface area contributed by atoms with Crippen LogP contribution in [-0.4, -0.2) is 28.1 Å². The van der Waals surface area contributed by atoms with Gasteiger partial charge in [0.2, 0.25) is 11.8 Å². The van der Waals surface area contributed by atoms with Crippen LogP contribution in [-0.2, 0) is 11.3 Å². The summed E-state index contributed by atoms with van der Waals surface area (Å²) in [6, 6.07) is -0.656. The number of nitrogens with zero attached hydrogens (tertiary/aromatic N) is 2. The minimum Gasteiger partial charge on any atom is -0.415 e. The number of carbonyl (C=O) groups excluding carboxylic acids is 2. The first-order chi connectivity index (χ1) is 8.21. The van der Waals surface area contributed by atoms with Crippen molar-refractivity contribution in [3.63, 3.8) is 0 Å². The van der Waals surface area contributed by atoms with Gasteiger partial charge in [-0.25, -0.2) is 0 Å². The SMILES string of the molecule is CC(C)(C)C(N)C(=O)NCc1nnc(C(N)=O)o1. The lowest BCUT2D eigenvalue weighted by molar-refractivity contribution is -0.124. The van der Waals surface area contributed by atoms with Crippen molar-refractivity contribution in [3.8, 4) is 0 Å². The Bertz CT molecular complexity index is 449. The fourth-order valence-corrected chi connectivity index (χ4v) is 1.09. The van der Waals surface area contributed by atoms with Crippen molar-refractivity contribution in [1.82, 2.24) is 15.5 Å². The van der Waals surface area contributed by atoms with Gasteiger partial charge in [-0.1, -0.05) is 20.8 Å². The summed E-state index contributed by atoms with van der Waals surface area (Å²) in [6.07, 6.45) is 0. The second-order valence-corrected chi connectivity index (χ2v) is 4.93. The second kappa shape index (κ2) is 5.13. The lowest BCUT2D eigenvalue weighted by atomic mass is 9.87. The molecule has 8 heteroatoms. The van der Waals surface area contributed by atoms with E-state index in [1.54, 1.807) is 0 Å². The van der Waals surface area contributed by atoms with E-state index in [0.717, 1.165) is 0 Å². The Morgan fingerprint density at radius 2 is 2.00 bits per heavy atom. The topological polar surface area (TPSA) is 137 Å². The van der Waals surface area contributed by atoms with Gasteiger partial charge in [0.05, 0.1) is 12.6 Å². The molecule has 100 valence electrons. The smallest absolute Gasteiger partial charge is 0.306 e. The van der Waals surface area contributed by atoms with Crippen molar-refractivity contribution in [2.24, 2.45) is 16.9 Å². The van der Waals surface area contributed by atoms with Gasteiger partial charge in [-0.2, -0.15) is 0 Å². The van der Waals surface area contributed by atoms with Crippen LogP contribution in [0.1, 0.15) is 37.3 Å².